The van der Waals surface area contributed by atoms with Gasteiger partial charge in [-0.25, -0.2) is 8.78 Å². The van der Waals surface area contributed by atoms with Crippen LogP contribution in [0.15, 0.2) is 18.2 Å². The minimum atomic E-state index is -0.437. The molecule has 0 aromatic heterocycles. The van der Waals surface area contributed by atoms with E-state index in [-0.39, 0.29) is 11.5 Å². The number of nitrogens with one attached hydrogen (secondary N) is 1. The molecule has 3 heteroatoms. The van der Waals surface area contributed by atoms with Gasteiger partial charge < -0.3 is 5.32 Å². The van der Waals surface area contributed by atoms with Gasteiger partial charge in [0.05, 0.1) is 0 Å². The van der Waals surface area contributed by atoms with Crippen molar-refractivity contribution < 1.29 is 8.78 Å². The summed E-state index contributed by atoms with van der Waals surface area (Å²) in [6.07, 6.45) is 1.37. The minimum absolute atomic E-state index is 0.212. The zero-order chi connectivity index (χ0) is 12.8. The molecule has 0 aliphatic rings. The average molecular weight is 241 g/mol. The predicted octanol–water partition coefficient (Wildman–Crippen LogP) is 3.53. The first-order valence-electron chi connectivity index (χ1n) is 6.20. The number of halogens is 2. The molecule has 0 aliphatic heterocycles. The predicted molar refractivity (Wildman–Crippen MR) is 67.0 cm³/mol. The number of benzene rings is 1. The van der Waals surface area contributed by atoms with Gasteiger partial charge in [-0.1, -0.05) is 19.9 Å². The quantitative estimate of drug-likeness (QED) is 0.803. The number of rotatable bonds is 6. The van der Waals surface area contributed by atoms with Crippen molar-refractivity contribution >= 4 is 0 Å². The highest BCUT2D eigenvalue weighted by Crippen LogP contribution is 2.19. The lowest BCUT2D eigenvalue weighted by Gasteiger charge is -2.18. The second kappa shape index (κ2) is 6.70. The molecular weight excluding hydrogens is 220 g/mol. The van der Waals surface area contributed by atoms with E-state index in [0.29, 0.717) is 12.5 Å². The molecule has 1 nitrogen and oxygen atoms in total. The van der Waals surface area contributed by atoms with Crippen LogP contribution in [-0.4, -0.2) is 12.6 Å². The van der Waals surface area contributed by atoms with E-state index < -0.39 is 11.6 Å². The van der Waals surface area contributed by atoms with Gasteiger partial charge in [-0.05, 0) is 44.4 Å². The maximum Gasteiger partial charge on any atom is 0.129 e. The van der Waals surface area contributed by atoms with Crippen LogP contribution in [0.25, 0.3) is 0 Å². The second-order valence-electron chi connectivity index (χ2n) is 4.70. The zero-order valence-electron chi connectivity index (χ0n) is 10.8. The Morgan fingerprint density at radius 3 is 2.29 bits per heavy atom. The van der Waals surface area contributed by atoms with Crippen molar-refractivity contribution in [2.45, 2.75) is 39.7 Å². The summed E-state index contributed by atoms with van der Waals surface area (Å²) in [7, 11) is 0. The summed E-state index contributed by atoms with van der Waals surface area (Å²) in [5.74, 6) is -0.614. The monoisotopic (exact) mass is 241 g/mol. The van der Waals surface area contributed by atoms with E-state index in [2.05, 4.69) is 19.2 Å². The van der Waals surface area contributed by atoms with E-state index >= 15 is 0 Å². The maximum absolute atomic E-state index is 13.4. The summed E-state index contributed by atoms with van der Waals surface area (Å²) in [4.78, 5) is 0. The molecule has 17 heavy (non-hydrogen) atoms. The standard InChI is InChI=1S/C14H21F2N/c1-4-17-11(3)8-10(2)9-12-13(15)6-5-7-14(12)16/h5-7,10-11,17H,4,8-9H2,1-3H3. The van der Waals surface area contributed by atoms with Crippen LogP contribution in [0, 0.1) is 17.6 Å². The van der Waals surface area contributed by atoms with Gasteiger partial charge in [0, 0.05) is 11.6 Å². The van der Waals surface area contributed by atoms with Crippen molar-refractivity contribution in [1.82, 2.24) is 5.32 Å². The minimum Gasteiger partial charge on any atom is -0.315 e. The molecule has 1 N–H and O–H groups in total. The van der Waals surface area contributed by atoms with E-state index in [1.165, 1.54) is 18.2 Å². The summed E-state index contributed by atoms with van der Waals surface area (Å²) in [6, 6.07) is 4.42. The number of hydrogen-bond donors (Lipinski definition) is 1. The molecule has 1 aromatic carbocycles. The van der Waals surface area contributed by atoms with E-state index in [1.54, 1.807) is 0 Å². The molecule has 1 aromatic rings. The Kier molecular flexibility index (Phi) is 5.56. The molecule has 0 fully saturated rings. The smallest absolute Gasteiger partial charge is 0.129 e. The third-order valence-corrected chi connectivity index (χ3v) is 2.92. The van der Waals surface area contributed by atoms with Crippen LogP contribution in [0.2, 0.25) is 0 Å². The van der Waals surface area contributed by atoms with Crippen LogP contribution in [-0.2, 0) is 6.42 Å². The van der Waals surface area contributed by atoms with Gasteiger partial charge in [0.1, 0.15) is 11.6 Å². The van der Waals surface area contributed by atoms with Crippen molar-refractivity contribution in [3.05, 3.63) is 35.4 Å². The Labute approximate surface area is 102 Å². The fourth-order valence-corrected chi connectivity index (χ4v) is 2.19. The Hall–Kier alpha value is -0.960. The van der Waals surface area contributed by atoms with Crippen LogP contribution in [0.3, 0.4) is 0 Å². The normalized spacial score (nSPS) is 14.6. The summed E-state index contributed by atoms with van der Waals surface area (Å²) in [6.45, 7) is 7.09. The summed E-state index contributed by atoms with van der Waals surface area (Å²) in [5.41, 5.74) is 0.212. The van der Waals surface area contributed by atoms with Gasteiger partial charge in [0.15, 0.2) is 0 Å². The molecule has 0 saturated carbocycles. The van der Waals surface area contributed by atoms with Crippen molar-refractivity contribution in [2.24, 2.45) is 5.92 Å². The molecule has 0 bridgehead atoms. The Balaban J connectivity index is 2.59. The molecule has 0 spiro atoms. The zero-order valence-corrected chi connectivity index (χ0v) is 10.8. The summed E-state index contributed by atoms with van der Waals surface area (Å²) in [5, 5.41) is 3.30. The molecule has 0 saturated heterocycles. The van der Waals surface area contributed by atoms with Gasteiger partial charge >= 0.3 is 0 Å². The largest absolute Gasteiger partial charge is 0.315 e. The van der Waals surface area contributed by atoms with Crippen LogP contribution >= 0.6 is 0 Å². The average Bonchev–Trinajstić information content (AvgIpc) is 2.24. The Bertz CT molecular complexity index is 332. The molecule has 0 amide bonds. The first-order valence-corrected chi connectivity index (χ1v) is 6.20. The van der Waals surface area contributed by atoms with Crippen molar-refractivity contribution in [2.75, 3.05) is 6.54 Å². The summed E-state index contributed by atoms with van der Waals surface area (Å²) >= 11 is 0. The van der Waals surface area contributed by atoms with Crippen LogP contribution in [0.1, 0.15) is 32.8 Å². The molecule has 0 heterocycles. The van der Waals surface area contributed by atoms with Crippen LogP contribution < -0.4 is 5.32 Å². The highest BCUT2D eigenvalue weighted by atomic mass is 19.1. The third kappa shape index (κ3) is 4.43. The first kappa shape index (κ1) is 14.1. The lowest BCUT2D eigenvalue weighted by atomic mass is 9.94. The van der Waals surface area contributed by atoms with Crippen LogP contribution in [0.5, 0.6) is 0 Å². The Morgan fingerprint density at radius 1 is 1.18 bits per heavy atom. The fraction of sp³-hybridized carbons (Fsp3) is 0.571. The highest BCUT2D eigenvalue weighted by Gasteiger charge is 2.14. The molecule has 2 atom stereocenters. The first-order chi connectivity index (χ1) is 8.04. The second-order valence-corrected chi connectivity index (χ2v) is 4.70. The molecule has 0 radical (unpaired) electrons. The van der Waals surface area contributed by atoms with Crippen molar-refractivity contribution in [3.8, 4) is 0 Å². The molecule has 1 rings (SSSR count). The van der Waals surface area contributed by atoms with Gasteiger partial charge in [-0.2, -0.15) is 0 Å². The lowest BCUT2D eigenvalue weighted by molar-refractivity contribution is 0.414. The van der Waals surface area contributed by atoms with E-state index in [1.807, 2.05) is 6.92 Å². The third-order valence-electron chi connectivity index (χ3n) is 2.92. The topological polar surface area (TPSA) is 12.0 Å². The SMILES string of the molecule is CCNC(C)CC(C)Cc1c(F)cccc1F. The fourth-order valence-electron chi connectivity index (χ4n) is 2.19. The van der Waals surface area contributed by atoms with Gasteiger partial charge in [-0.15, -0.1) is 0 Å². The van der Waals surface area contributed by atoms with Crippen molar-refractivity contribution in [3.63, 3.8) is 0 Å². The lowest BCUT2D eigenvalue weighted by Crippen LogP contribution is -2.28. The van der Waals surface area contributed by atoms with Crippen LogP contribution in [0.4, 0.5) is 8.78 Å². The van der Waals surface area contributed by atoms with Gasteiger partial charge in [0.2, 0.25) is 0 Å². The molecule has 0 aliphatic carbocycles. The van der Waals surface area contributed by atoms with E-state index in [0.717, 1.165) is 13.0 Å². The highest BCUT2D eigenvalue weighted by molar-refractivity contribution is 5.20. The number of hydrogen-bond acceptors (Lipinski definition) is 1. The van der Waals surface area contributed by atoms with Gasteiger partial charge in [0.25, 0.3) is 0 Å². The molecule has 96 valence electrons. The molecule has 2 unspecified atom stereocenters. The maximum atomic E-state index is 13.4. The van der Waals surface area contributed by atoms with Gasteiger partial charge in [-0.3, -0.25) is 0 Å². The van der Waals surface area contributed by atoms with E-state index in [9.17, 15) is 8.78 Å². The van der Waals surface area contributed by atoms with Crippen molar-refractivity contribution in [1.29, 1.82) is 0 Å². The van der Waals surface area contributed by atoms with E-state index in [4.69, 9.17) is 0 Å². The summed E-state index contributed by atoms with van der Waals surface area (Å²) < 4.78 is 26.9. The Morgan fingerprint density at radius 2 is 1.76 bits per heavy atom. The molecular formula is C14H21F2N.